The molecule has 4 heterocycles. The Hall–Kier alpha value is -7.11. The van der Waals surface area contributed by atoms with Gasteiger partial charge in [0, 0.05) is 42.3 Å². The third-order valence-electron chi connectivity index (χ3n) is 14.1. The first-order valence-electron chi connectivity index (χ1n) is 22.8. The highest BCUT2D eigenvalue weighted by Gasteiger charge is 2.40. The average Bonchev–Trinajstić information content (AvgIpc) is 3.95. The summed E-state index contributed by atoms with van der Waals surface area (Å²) < 4.78 is 21.6. The van der Waals surface area contributed by atoms with Crippen LogP contribution in [0.15, 0.2) is 211 Å². The van der Waals surface area contributed by atoms with Crippen molar-refractivity contribution >= 4 is 71.8 Å². The third kappa shape index (κ3) is 6.30. The zero-order valence-corrected chi connectivity index (χ0v) is 40.1. The van der Waals surface area contributed by atoms with Gasteiger partial charge in [0.25, 0.3) is 0 Å². The van der Waals surface area contributed by atoms with Crippen LogP contribution in [-0.2, 0) is 15.4 Å². The zero-order valence-electron chi connectivity index (χ0n) is 37.7. The van der Waals surface area contributed by atoms with Gasteiger partial charge in [-0.15, -0.1) is 0 Å². The van der Waals surface area contributed by atoms with Gasteiger partial charge >= 0.3 is 0 Å². The zero-order chi connectivity index (χ0) is 45.7. The number of para-hydroxylation sites is 2. The number of hydrogen-bond acceptors (Lipinski definition) is 3. The van der Waals surface area contributed by atoms with Crippen molar-refractivity contribution in [2.24, 2.45) is 0 Å². The molecule has 2 aliphatic rings. The Labute approximate surface area is 398 Å². The Balaban J connectivity index is 0.000000159. The minimum atomic E-state index is -3.31. The van der Waals surface area contributed by atoms with Gasteiger partial charge in [-0.1, -0.05) is 213 Å². The van der Waals surface area contributed by atoms with Crippen molar-refractivity contribution < 1.29 is 4.57 Å². The largest absolute Gasteiger partial charge is 0.309 e. The second kappa shape index (κ2) is 15.5. The lowest BCUT2D eigenvalue weighted by molar-refractivity contribution is 0.592. The Kier molecular flexibility index (Phi) is 9.55. The standard InChI is InChI=1S/C38H29N2OP.C22H17BrN2/c1-38(2)31-21-11-12-22-34(31)40-36-32(38)24-29(25-33(36)39-37(40)27-15-5-3-6-16-27)42(41,28-18-7-4-8-19-28)35-23-13-17-26-14-9-10-20-30(26)35;1-22(2)16-10-6-7-11-19(16)25-20-17(22)12-15(23)13-18(20)24-21(25)14-8-4-3-5-9-14/h3-25H,1-2H3;3-13H,1-2H3. The lowest BCUT2D eigenvalue weighted by Gasteiger charge is -2.35. The minimum Gasteiger partial charge on any atom is -0.309 e. The normalized spacial score (nSPS) is 14.8. The summed E-state index contributed by atoms with van der Waals surface area (Å²) >= 11 is 3.68. The summed E-state index contributed by atoms with van der Waals surface area (Å²) in [6, 6.07) is 71.1. The summed E-state index contributed by atoms with van der Waals surface area (Å²) in [4.78, 5) is 10.3. The molecule has 2 aliphatic heterocycles. The van der Waals surface area contributed by atoms with Crippen LogP contribution in [0.4, 0.5) is 0 Å². The van der Waals surface area contributed by atoms with Crippen LogP contribution in [0.2, 0.25) is 0 Å². The third-order valence-corrected chi connectivity index (χ3v) is 17.6. The van der Waals surface area contributed by atoms with Crippen LogP contribution in [0.3, 0.4) is 0 Å². The molecule has 0 N–H and O–H groups in total. The van der Waals surface area contributed by atoms with E-state index in [1.165, 1.54) is 27.9 Å². The fraction of sp³-hybridized carbons (Fsp3) is 0.100. The predicted octanol–water partition coefficient (Wildman–Crippen LogP) is 14.2. The second-order valence-electron chi connectivity index (χ2n) is 18.7. The van der Waals surface area contributed by atoms with Gasteiger partial charge in [0.05, 0.1) is 33.4 Å². The number of hydrogen-bond donors (Lipinski definition) is 0. The van der Waals surface area contributed by atoms with E-state index >= 15 is 4.57 Å². The molecule has 0 radical (unpaired) electrons. The van der Waals surface area contributed by atoms with Gasteiger partial charge in [0.15, 0.2) is 7.14 Å². The topological polar surface area (TPSA) is 52.7 Å². The fourth-order valence-electron chi connectivity index (χ4n) is 10.8. The number of nitrogens with zero attached hydrogens (tertiary/aromatic N) is 4. The fourth-order valence-corrected chi connectivity index (χ4v) is 14.1. The SMILES string of the molecule is CC1(C)c2ccccc2-n2c(-c3ccccc3)nc3cc(Br)cc1c32.CC1(C)c2ccccc2-n2c(-c3ccccc3)nc3cc(P(=O)(c4ccccc4)c4cccc5ccccc45)cc1c32. The molecule has 0 saturated carbocycles. The van der Waals surface area contributed by atoms with Crippen molar-refractivity contribution in [3.8, 4) is 34.2 Å². The van der Waals surface area contributed by atoms with Crippen LogP contribution in [0, 0.1) is 0 Å². The Morgan fingerprint density at radius 1 is 0.448 bits per heavy atom. The molecular formula is C60H46BrN4OP. The first-order chi connectivity index (χ1) is 32.5. The van der Waals surface area contributed by atoms with Crippen molar-refractivity contribution in [2.75, 3.05) is 0 Å². The van der Waals surface area contributed by atoms with Gasteiger partial charge < -0.3 is 4.57 Å². The lowest BCUT2D eigenvalue weighted by atomic mass is 9.75. The van der Waals surface area contributed by atoms with E-state index in [1.54, 1.807) is 0 Å². The number of aromatic nitrogens is 4. The molecule has 13 rings (SSSR count). The van der Waals surface area contributed by atoms with E-state index in [2.05, 4.69) is 192 Å². The van der Waals surface area contributed by atoms with Gasteiger partial charge in [-0.05, 0) is 69.4 Å². The highest BCUT2D eigenvalue weighted by atomic mass is 79.9. The van der Waals surface area contributed by atoms with E-state index in [4.69, 9.17) is 9.97 Å². The Morgan fingerprint density at radius 2 is 0.910 bits per heavy atom. The molecule has 11 aromatic rings. The number of benzene rings is 9. The summed E-state index contributed by atoms with van der Waals surface area (Å²) in [6.45, 7) is 9.14. The van der Waals surface area contributed by atoms with Gasteiger partial charge in [-0.25, -0.2) is 9.97 Å². The molecule has 0 fully saturated rings. The van der Waals surface area contributed by atoms with Crippen LogP contribution in [0.1, 0.15) is 49.9 Å². The first kappa shape index (κ1) is 41.3. The predicted molar refractivity (Wildman–Crippen MR) is 282 cm³/mol. The summed E-state index contributed by atoms with van der Waals surface area (Å²) in [7, 11) is -3.31. The van der Waals surface area contributed by atoms with Crippen LogP contribution in [0.5, 0.6) is 0 Å². The summed E-state index contributed by atoms with van der Waals surface area (Å²) in [5.41, 5.74) is 13.4. The van der Waals surface area contributed by atoms with Gasteiger partial charge in [-0.2, -0.15) is 0 Å². The number of rotatable bonds is 5. The maximum absolute atomic E-state index is 15.9. The molecule has 0 aliphatic carbocycles. The number of halogens is 1. The maximum Gasteiger partial charge on any atom is 0.171 e. The molecule has 0 bridgehead atoms. The summed E-state index contributed by atoms with van der Waals surface area (Å²) in [6.07, 6.45) is 0. The van der Waals surface area contributed by atoms with E-state index in [0.29, 0.717) is 0 Å². The van der Waals surface area contributed by atoms with Gasteiger partial charge in [0.1, 0.15) is 11.6 Å². The molecular weight excluding hydrogens is 904 g/mol. The lowest BCUT2D eigenvalue weighted by Crippen LogP contribution is -2.30. The number of imidazole rings is 2. The smallest absolute Gasteiger partial charge is 0.171 e. The highest BCUT2D eigenvalue weighted by molar-refractivity contribution is 9.10. The van der Waals surface area contributed by atoms with Crippen molar-refractivity contribution in [2.45, 2.75) is 38.5 Å². The second-order valence-corrected chi connectivity index (χ2v) is 22.3. The summed E-state index contributed by atoms with van der Waals surface area (Å²) in [5.74, 6) is 1.89. The van der Waals surface area contributed by atoms with Crippen molar-refractivity contribution in [1.29, 1.82) is 0 Å². The first-order valence-corrected chi connectivity index (χ1v) is 25.3. The Bertz CT molecular complexity index is 3790. The molecule has 2 aromatic heterocycles. The van der Waals surface area contributed by atoms with E-state index in [1.807, 2.05) is 66.7 Å². The van der Waals surface area contributed by atoms with Crippen LogP contribution < -0.4 is 15.9 Å². The molecule has 0 spiro atoms. The van der Waals surface area contributed by atoms with Crippen molar-refractivity contribution in [3.63, 3.8) is 0 Å². The van der Waals surface area contributed by atoms with Gasteiger partial charge in [0.2, 0.25) is 0 Å². The molecule has 67 heavy (non-hydrogen) atoms. The monoisotopic (exact) mass is 948 g/mol. The van der Waals surface area contributed by atoms with Crippen molar-refractivity contribution in [1.82, 2.24) is 19.1 Å². The molecule has 9 aromatic carbocycles. The van der Waals surface area contributed by atoms with Crippen LogP contribution in [0.25, 0.3) is 67.0 Å². The molecule has 324 valence electrons. The molecule has 7 heteroatoms. The quantitative estimate of drug-likeness (QED) is 0.162. The number of fused-ring (bicyclic) bond motifs is 5. The highest BCUT2D eigenvalue weighted by Crippen LogP contribution is 2.51. The molecule has 0 saturated heterocycles. The average molecular weight is 950 g/mol. The van der Waals surface area contributed by atoms with Gasteiger partial charge in [-0.3, -0.25) is 9.13 Å². The Morgan fingerprint density at radius 3 is 1.49 bits per heavy atom. The van der Waals surface area contributed by atoms with E-state index in [-0.39, 0.29) is 10.8 Å². The summed E-state index contributed by atoms with van der Waals surface area (Å²) in [5, 5.41) is 4.59. The van der Waals surface area contributed by atoms with Crippen molar-refractivity contribution in [3.05, 3.63) is 233 Å². The van der Waals surface area contributed by atoms with Crippen LogP contribution >= 0.6 is 23.1 Å². The molecule has 1 unspecified atom stereocenters. The minimum absolute atomic E-state index is 0.0669. The van der Waals surface area contributed by atoms with E-state index in [9.17, 15) is 0 Å². The van der Waals surface area contributed by atoms with Crippen LogP contribution in [-0.4, -0.2) is 19.1 Å². The molecule has 5 nitrogen and oxygen atoms in total. The maximum atomic E-state index is 15.9. The van der Waals surface area contributed by atoms with E-state index in [0.717, 1.165) is 81.7 Å². The molecule has 0 amide bonds. The molecule has 1 atom stereocenters. The van der Waals surface area contributed by atoms with E-state index < -0.39 is 7.14 Å².